The van der Waals surface area contributed by atoms with Gasteiger partial charge in [-0.25, -0.2) is 9.97 Å². The van der Waals surface area contributed by atoms with Gasteiger partial charge in [-0.1, -0.05) is 13.3 Å². The fraction of sp³-hybridized carbons (Fsp3) is 0.650. The summed E-state index contributed by atoms with van der Waals surface area (Å²) in [7, 11) is 3.39. The molecule has 0 spiro atoms. The van der Waals surface area contributed by atoms with Crippen molar-refractivity contribution in [3.05, 3.63) is 28.3 Å². The molecule has 27 heavy (non-hydrogen) atoms. The van der Waals surface area contributed by atoms with Crippen LogP contribution in [-0.4, -0.2) is 41.0 Å². The quantitative estimate of drug-likeness (QED) is 0.720. The molecule has 0 bridgehead atoms. The lowest BCUT2D eigenvalue weighted by molar-refractivity contribution is -0.224. The van der Waals surface area contributed by atoms with Crippen molar-refractivity contribution in [1.29, 1.82) is 0 Å². The number of hydrogen-bond acceptors (Lipinski definition) is 6. The lowest BCUT2D eigenvalue weighted by Crippen LogP contribution is -2.37. The van der Waals surface area contributed by atoms with Crippen LogP contribution in [0.2, 0.25) is 0 Å². The second-order valence-corrected chi connectivity index (χ2v) is 7.46. The number of rotatable bonds is 7. The van der Waals surface area contributed by atoms with E-state index in [1.165, 1.54) is 0 Å². The van der Waals surface area contributed by atoms with Gasteiger partial charge in [0, 0.05) is 45.5 Å². The Morgan fingerprint density at radius 2 is 2.04 bits per heavy atom. The first-order valence-electron chi connectivity index (χ1n) is 9.77. The third-order valence-corrected chi connectivity index (χ3v) is 5.69. The van der Waals surface area contributed by atoms with Crippen LogP contribution < -0.4 is 10.9 Å². The molecule has 3 rings (SSSR count). The lowest BCUT2D eigenvalue weighted by Gasteiger charge is -2.37. The molecule has 0 saturated heterocycles. The number of ether oxygens (including phenoxy) is 2. The summed E-state index contributed by atoms with van der Waals surface area (Å²) in [6.45, 7) is 4.27. The van der Waals surface area contributed by atoms with Crippen LogP contribution in [0.5, 0.6) is 0 Å². The molecule has 2 N–H and O–H groups in total. The second kappa shape index (κ2) is 8.35. The molecular formula is C20H30N4O3. The number of nitrogens with one attached hydrogen (secondary N) is 2. The molecule has 2 heterocycles. The number of pyridine rings is 1. The monoisotopic (exact) mass is 374 g/mol. The molecule has 7 heteroatoms. The minimum atomic E-state index is -0.494. The SMILES string of the molecule is CCCC(C)Nc1ncc2c(=O)[nH]cc(C3CCC(OC)(OC)CC3)c2n1. The molecule has 1 fully saturated rings. The Hall–Kier alpha value is -1.99. The molecule has 0 amide bonds. The van der Waals surface area contributed by atoms with Crippen molar-refractivity contribution < 1.29 is 9.47 Å². The summed E-state index contributed by atoms with van der Waals surface area (Å²) in [6, 6.07) is 0.289. The highest BCUT2D eigenvalue weighted by atomic mass is 16.7. The van der Waals surface area contributed by atoms with E-state index in [0.29, 0.717) is 17.3 Å². The van der Waals surface area contributed by atoms with E-state index in [1.807, 2.05) is 6.20 Å². The van der Waals surface area contributed by atoms with E-state index in [4.69, 9.17) is 14.5 Å². The first-order valence-corrected chi connectivity index (χ1v) is 9.77. The van der Waals surface area contributed by atoms with Crippen LogP contribution in [0.3, 0.4) is 0 Å². The molecular weight excluding hydrogens is 344 g/mol. The van der Waals surface area contributed by atoms with Crippen molar-refractivity contribution >= 4 is 16.9 Å². The molecule has 0 radical (unpaired) electrons. The fourth-order valence-corrected chi connectivity index (χ4v) is 4.02. The second-order valence-electron chi connectivity index (χ2n) is 7.46. The summed E-state index contributed by atoms with van der Waals surface area (Å²) in [6.07, 6.45) is 9.04. The van der Waals surface area contributed by atoms with Gasteiger partial charge in [-0.05, 0) is 37.7 Å². The predicted molar refractivity (Wildman–Crippen MR) is 106 cm³/mol. The minimum absolute atomic E-state index is 0.152. The maximum absolute atomic E-state index is 12.2. The molecule has 1 atom stereocenters. The zero-order valence-electron chi connectivity index (χ0n) is 16.7. The molecule has 148 valence electrons. The maximum Gasteiger partial charge on any atom is 0.258 e. The van der Waals surface area contributed by atoms with Gasteiger partial charge in [-0.2, -0.15) is 0 Å². The summed E-state index contributed by atoms with van der Waals surface area (Å²) in [5.41, 5.74) is 1.66. The Bertz CT molecular complexity index is 822. The zero-order chi connectivity index (χ0) is 19.4. The van der Waals surface area contributed by atoms with E-state index in [1.54, 1.807) is 20.4 Å². The smallest absolute Gasteiger partial charge is 0.258 e. The number of anilines is 1. The third kappa shape index (κ3) is 4.14. The van der Waals surface area contributed by atoms with Crippen LogP contribution in [0.25, 0.3) is 10.9 Å². The molecule has 1 saturated carbocycles. The maximum atomic E-state index is 12.2. The fourth-order valence-electron chi connectivity index (χ4n) is 4.02. The van der Waals surface area contributed by atoms with E-state index in [0.717, 1.165) is 49.6 Å². The standard InChI is InChI=1S/C20H30N4O3/c1-5-6-13(2)23-19-22-12-16-17(24-19)15(11-21-18(16)25)14-7-9-20(26-3,27-4)10-8-14/h11-14H,5-10H2,1-4H3,(H,21,25)(H,22,23,24). The molecule has 1 aliphatic carbocycles. The Morgan fingerprint density at radius 3 is 2.67 bits per heavy atom. The zero-order valence-corrected chi connectivity index (χ0v) is 16.7. The Kier molecular flexibility index (Phi) is 6.11. The molecule has 2 aromatic rings. The van der Waals surface area contributed by atoms with E-state index in [9.17, 15) is 4.79 Å². The van der Waals surface area contributed by atoms with Crippen molar-refractivity contribution in [2.24, 2.45) is 0 Å². The van der Waals surface area contributed by atoms with Crippen LogP contribution in [0, 0.1) is 0 Å². The molecule has 0 aliphatic heterocycles. The molecule has 1 unspecified atom stereocenters. The summed E-state index contributed by atoms with van der Waals surface area (Å²) in [4.78, 5) is 24.1. The van der Waals surface area contributed by atoms with Crippen molar-refractivity contribution in [3.8, 4) is 0 Å². The van der Waals surface area contributed by atoms with Gasteiger partial charge in [0.1, 0.15) is 0 Å². The largest absolute Gasteiger partial charge is 0.353 e. The van der Waals surface area contributed by atoms with Gasteiger partial charge in [0.2, 0.25) is 5.95 Å². The Morgan fingerprint density at radius 1 is 1.33 bits per heavy atom. The van der Waals surface area contributed by atoms with Gasteiger partial charge in [0.15, 0.2) is 5.79 Å². The number of nitrogens with zero attached hydrogens (tertiary/aromatic N) is 2. The summed E-state index contributed by atoms with van der Waals surface area (Å²) < 4.78 is 11.2. The first kappa shape index (κ1) is 19.8. The molecule has 7 nitrogen and oxygen atoms in total. The van der Waals surface area contributed by atoms with Crippen LogP contribution in [0.15, 0.2) is 17.2 Å². The topological polar surface area (TPSA) is 89.1 Å². The van der Waals surface area contributed by atoms with Crippen LogP contribution in [0.4, 0.5) is 5.95 Å². The number of hydrogen-bond donors (Lipinski definition) is 2. The highest BCUT2D eigenvalue weighted by Crippen LogP contribution is 2.41. The van der Waals surface area contributed by atoms with Crippen molar-refractivity contribution in [2.75, 3.05) is 19.5 Å². The van der Waals surface area contributed by atoms with Crippen LogP contribution >= 0.6 is 0 Å². The van der Waals surface area contributed by atoms with Gasteiger partial charge in [0.05, 0.1) is 10.9 Å². The van der Waals surface area contributed by atoms with Gasteiger partial charge in [0.25, 0.3) is 5.56 Å². The molecule has 2 aromatic heterocycles. The number of fused-ring (bicyclic) bond motifs is 1. The number of H-pyrrole nitrogens is 1. The highest BCUT2D eigenvalue weighted by Gasteiger charge is 2.36. The van der Waals surface area contributed by atoms with Gasteiger partial charge in [-0.15, -0.1) is 0 Å². The number of methoxy groups -OCH3 is 2. The van der Waals surface area contributed by atoms with Crippen molar-refractivity contribution in [2.45, 2.75) is 70.1 Å². The predicted octanol–water partition coefficient (Wildman–Crippen LogP) is 3.57. The van der Waals surface area contributed by atoms with Gasteiger partial charge < -0.3 is 19.8 Å². The third-order valence-electron chi connectivity index (χ3n) is 5.69. The van der Waals surface area contributed by atoms with Crippen molar-refractivity contribution in [1.82, 2.24) is 15.0 Å². The number of aromatic amines is 1. The van der Waals surface area contributed by atoms with E-state index in [2.05, 4.69) is 29.1 Å². The lowest BCUT2D eigenvalue weighted by atomic mass is 9.81. The van der Waals surface area contributed by atoms with E-state index >= 15 is 0 Å². The van der Waals surface area contributed by atoms with Crippen molar-refractivity contribution in [3.63, 3.8) is 0 Å². The average Bonchev–Trinajstić information content (AvgIpc) is 2.69. The number of aromatic nitrogens is 3. The van der Waals surface area contributed by atoms with Gasteiger partial charge >= 0.3 is 0 Å². The summed E-state index contributed by atoms with van der Waals surface area (Å²) in [5, 5.41) is 3.88. The Labute approximate surface area is 159 Å². The Balaban J connectivity index is 1.91. The van der Waals surface area contributed by atoms with E-state index in [-0.39, 0.29) is 11.6 Å². The first-order chi connectivity index (χ1) is 13.0. The van der Waals surface area contributed by atoms with Gasteiger partial charge in [-0.3, -0.25) is 4.79 Å². The summed E-state index contributed by atoms with van der Waals surface area (Å²) >= 11 is 0. The van der Waals surface area contributed by atoms with E-state index < -0.39 is 5.79 Å². The summed E-state index contributed by atoms with van der Waals surface area (Å²) in [5.74, 6) is 0.388. The molecule has 1 aliphatic rings. The normalized spacial score (nSPS) is 18.5. The highest BCUT2D eigenvalue weighted by molar-refractivity contribution is 5.81. The average molecular weight is 374 g/mol. The molecule has 0 aromatic carbocycles. The minimum Gasteiger partial charge on any atom is -0.353 e. The van der Waals surface area contributed by atoms with Crippen LogP contribution in [0.1, 0.15) is 63.9 Å². The van der Waals surface area contributed by atoms with Crippen LogP contribution in [-0.2, 0) is 9.47 Å².